The monoisotopic (exact) mass is 285 g/mol. The number of rotatable bonds is 3. The number of fused-ring (bicyclic) bond motifs is 1. The number of hydrogen-bond donors (Lipinski definition) is 0. The first-order valence-corrected chi connectivity index (χ1v) is 6.67. The Morgan fingerprint density at radius 3 is 2.86 bits per heavy atom. The first-order chi connectivity index (χ1) is 10.1. The number of ether oxygens (including phenoxy) is 1. The Morgan fingerprint density at radius 2 is 2.10 bits per heavy atom. The van der Waals surface area contributed by atoms with Crippen molar-refractivity contribution in [3.63, 3.8) is 0 Å². The van der Waals surface area contributed by atoms with Crippen molar-refractivity contribution in [3.8, 4) is 6.01 Å². The van der Waals surface area contributed by atoms with E-state index in [1.807, 2.05) is 26.0 Å². The van der Waals surface area contributed by atoms with Crippen LogP contribution in [-0.4, -0.2) is 27.1 Å². The molecule has 21 heavy (non-hydrogen) atoms. The second kappa shape index (κ2) is 5.05. The Bertz CT molecular complexity index is 817. The van der Waals surface area contributed by atoms with Crippen molar-refractivity contribution in [1.29, 1.82) is 0 Å². The molecule has 3 aromatic rings. The molecule has 0 amide bonds. The van der Waals surface area contributed by atoms with E-state index in [1.54, 1.807) is 17.8 Å². The molecule has 0 saturated carbocycles. The number of esters is 1. The molecule has 2 aromatic heterocycles. The molecule has 0 aliphatic rings. The number of hydrogen-bond acceptors (Lipinski definition) is 5. The first-order valence-electron chi connectivity index (χ1n) is 6.67. The van der Waals surface area contributed by atoms with E-state index in [-0.39, 0.29) is 5.69 Å². The van der Waals surface area contributed by atoms with Gasteiger partial charge in [0, 0.05) is 0 Å². The van der Waals surface area contributed by atoms with Crippen LogP contribution < -0.4 is 0 Å². The summed E-state index contributed by atoms with van der Waals surface area (Å²) in [7, 11) is 0. The average molecular weight is 285 g/mol. The fourth-order valence-electron chi connectivity index (χ4n) is 2.09. The van der Waals surface area contributed by atoms with Gasteiger partial charge >= 0.3 is 12.0 Å². The minimum absolute atomic E-state index is 0.150. The van der Waals surface area contributed by atoms with Gasteiger partial charge in [0.15, 0.2) is 5.69 Å². The maximum absolute atomic E-state index is 11.6. The van der Waals surface area contributed by atoms with Gasteiger partial charge in [0.2, 0.25) is 0 Å². The van der Waals surface area contributed by atoms with E-state index in [2.05, 4.69) is 9.97 Å². The third-order valence-corrected chi connectivity index (χ3v) is 3.35. The van der Waals surface area contributed by atoms with Crippen LogP contribution in [0.3, 0.4) is 0 Å². The fraction of sp³-hybridized carbons (Fsp3) is 0.267. The van der Waals surface area contributed by atoms with Crippen LogP contribution in [0.5, 0.6) is 0 Å². The Morgan fingerprint density at radius 1 is 1.33 bits per heavy atom. The molecule has 0 aliphatic heterocycles. The highest BCUT2D eigenvalue weighted by molar-refractivity contribution is 5.87. The zero-order valence-electron chi connectivity index (χ0n) is 12.1. The highest BCUT2D eigenvalue weighted by Gasteiger charge is 2.16. The number of carbonyl (C=O) groups is 1. The van der Waals surface area contributed by atoms with Gasteiger partial charge in [-0.25, -0.2) is 9.78 Å². The molecule has 1 aromatic carbocycles. The Kier molecular flexibility index (Phi) is 3.21. The highest BCUT2D eigenvalue weighted by Crippen LogP contribution is 2.21. The first kappa shape index (κ1) is 13.4. The third-order valence-electron chi connectivity index (χ3n) is 3.35. The van der Waals surface area contributed by atoms with Gasteiger partial charge in [0.1, 0.15) is 12.6 Å². The van der Waals surface area contributed by atoms with Crippen LogP contribution in [0, 0.1) is 13.8 Å². The maximum Gasteiger partial charge on any atom is 0.360 e. The quantitative estimate of drug-likeness (QED) is 0.692. The van der Waals surface area contributed by atoms with E-state index in [1.165, 1.54) is 11.8 Å². The van der Waals surface area contributed by atoms with Crippen LogP contribution in [0.1, 0.15) is 28.5 Å². The minimum Gasteiger partial charge on any atom is -0.461 e. The number of aryl methyl sites for hydroxylation is 2. The molecule has 0 bridgehead atoms. The molecule has 0 fully saturated rings. The zero-order chi connectivity index (χ0) is 15.0. The summed E-state index contributed by atoms with van der Waals surface area (Å²) in [6.07, 6.45) is 2.92. The summed E-state index contributed by atoms with van der Waals surface area (Å²) in [5.41, 5.74) is 4.22. The summed E-state index contributed by atoms with van der Waals surface area (Å²) >= 11 is 0. The van der Waals surface area contributed by atoms with Gasteiger partial charge in [-0.05, 0) is 44.0 Å². The molecule has 0 aliphatic carbocycles. The summed E-state index contributed by atoms with van der Waals surface area (Å²) < 4.78 is 12.0. The van der Waals surface area contributed by atoms with Crippen molar-refractivity contribution in [2.45, 2.75) is 20.8 Å². The van der Waals surface area contributed by atoms with Gasteiger partial charge in [0.05, 0.1) is 17.6 Å². The van der Waals surface area contributed by atoms with Gasteiger partial charge in [0.25, 0.3) is 0 Å². The Labute approximate surface area is 121 Å². The minimum atomic E-state index is -0.496. The second-order valence-electron chi connectivity index (χ2n) is 4.78. The van der Waals surface area contributed by atoms with E-state index >= 15 is 0 Å². The summed E-state index contributed by atoms with van der Waals surface area (Å²) in [5, 5.41) is 0. The van der Waals surface area contributed by atoms with Crippen LogP contribution in [0.4, 0.5) is 0 Å². The van der Waals surface area contributed by atoms with Crippen molar-refractivity contribution < 1.29 is 13.9 Å². The normalized spacial score (nSPS) is 11.0. The van der Waals surface area contributed by atoms with Gasteiger partial charge in [-0.1, -0.05) is 0 Å². The van der Waals surface area contributed by atoms with Crippen LogP contribution in [-0.2, 0) is 4.74 Å². The predicted octanol–water partition coefficient (Wildman–Crippen LogP) is 2.81. The van der Waals surface area contributed by atoms with Gasteiger partial charge in [-0.3, -0.25) is 4.57 Å². The van der Waals surface area contributed by atoms with E-state index in [0.29, 0.717) is 12.6 Å². The number of nitrogens with zero attached hydrogens (tertiary/aromatic N) is 3. The number of oxazole rings is 1. The third kappa shape index (κ3) is 2.29. The fourth-order valence-corrected chi connectivity index (χ4v) is 2.09. The van der Waals surface area contributed by atoms with Crippen molar-refractivity contribution in [1.82, 2.24) is 14.5 Å². The van der Waals surface area contributed by atoms with Crippen LogP contribution in [0.15, 0.2) is 29.1 Å². The smallest absolute Gasteiger partial charge is 0.360 e. The van der Waals surface area contributed by atoms with E-state index in [0.717, 1.165) is 16.6 Å². The van der Waals surface area contributed by atoms with Crippen LogP contribution in [0.25, 0.3) is 17.0 Å². The molecule has 0 spiro atoms. The largest absolute Gasteiger partial charge is 0.461 e. The van der Waals surface area contributed by atoms with Crippen molar-refractivity contribution in [2.24, 2.45) is 0 Å². The molecule has 6 nitrogen and oxygen atoms in total. The van der Waals surface area contributed by atoms with E-state index in [4.69, 9.17) is 9.15 Å². The number of carbonyl (C=O) groups excluding carboxylic acids is 1. The van der Waals surface area contributed by atoms with Gasteiger partial charge in [-0.15, -0.1) is 0 Å². The average Bonchev–Trinajstić information content (AvgIpc) is 3.06. The molecule has 0 atom stereocenters. The van der Waals surface area contributed by atoms with Crippen molar-refractivity contribution in [3.05, 3.63) is 41.5 Å². The van der Waals surface area contributed by atoms with Crippen molar-refractivity contribution >= 4 is 17.0 Å². The lowest BCUT2D eigenvalue weighted by Gasteiger charge is -2.01. The molecule has 0 unspecified atom stereocenters. The molecular weight excluding hydrogens is 270 g/mol. The number of aromatic nitrogens is 3. The maximum atomic E-state index is 11.6. The Balaban J connectivity index is 2.05. The Hall–Kier alpha value is -2.63. The molecule has 108 valence electrons. The summed E-state index contributed by atoms with van der Waals surface area (Å²) in [4.78, 5) is 20.1. The summed E-state index contributed by atoms with van der Waals surface area (Å²) in [5.74, 6) is -0.496. The molecular formula is C15H15N3O3. The number of imidazole rings is 1. The van der Waals surface area contributed by atoms with Gasteiger partial charge < -0.3 is 9.15 Å². The van der Waals surface area contributed by atoms with E-state index < -0.39 is 5.97 Å². The lowest BCUT2D eigenvalue weighted by molar-refractivity contribution is 0.0519. The molecule has 6 heteroatoms. The van der Waals surface area contributed by atoms with Gasteiger partial charge in [-0.2, -0.15) is 4.98 Å². The molecule has 3 rings (SSSR count). The second-order valence-corrected chi connectivity index (χ2v) is 4.78. The lowest BCUT2D eigenvalue weighted by Crippen LogP contribution is -2.05. The SMILES string of the molecule is CCOC(=O)c1coc(-n2cnc3cc(C)c(C)cc32)n1. The molecule has 2 heterocycles. The van der Waals surface area contributed by atoms with Crippen LogP contribution >= 0.6 is 0 Å². The summed E-state index contributed by atoms with van der Waals surface area (Å²) in [6.45, 7) is 6.12. The molecule has 0 saturated heterocycles. The zero-order valence-corrected chi connectivity index (χ0v) is 12.1. The highest BCUT2D eigenvalue weighted by atomic mass is 16.5. The topological polar surface area (TPSA) is 70.2 Å². The lowest BCUT2D eigenvalue weighted by atomic mass is 10.1. The summed E-state index contributed by atoms with van der Waals surface area (Å²) in [6, 6.07) is 4.33. The number of benzene rings is 1. The van der Waals surface area contributed by atoms with E-state index in [9.17, 15) is 4.79 Å². The van der Waals surface area contributed by atoms with Crippen LogP contribution in [0.2, 0.25) is 0 Å². The van der Waals surface area contributed by atoms with Crippen molar-refractivity contribution in [2.75, 3.05) is 6.61 Å². The predicted molar refractivity (Wildman–Crippen MR) is 76.6 cm³/mol. The molecule has 0 radical (unpaired) electrons. The standard InChI is InChI=1S/C15H15N3O3/c1-4-20-14(19)12-7-21-15(17-12)18-8-16-11-5-9(2)10(3)6-13(11)18/h5-8H,4H2,1-3H3. The molecule has 0 N–H and O–H groups in total.